The number of hydrogen-bond donors (Lipinski definition) is 0. The van der Waals surface area contributed by atoms with Gasteiger partial charge in [-0.05, 0) is 44.1 Å². The van der Waals surface area contributed by atoms with E-state index in [4.69, 9.17) is 9.47 Å². The van der Waals surface area contributed by atoms with Crippen LogP contribution in [0.2, 0.25) is 0 Å². The lowest BCUT2D eigenvalue weighted by molar-refractivity contribution is 0.184. The summed E-state index contributed by atoms with van der Waals surface area (Å²) in [6, 6.07) is 7.65. The highest BCUT2D eigenvalue weighted by Gasteiger charge is 2.11. The van der Waals surface area contributed by atoms with Crippen LogP contribution in [0, 0.1) is 0 Å². The number of rotatable bonds is 7. The summed E-state index contributed by atoms with van der Waals surface area (Å²) in [6.45, 7) is 5.03. The fourth-order valence-electron chi connectivity index (χ4n) is 3.25. The van der Waals surface area contributed by atoms with Gasteiger partial charge in [0.1, 0.15) is 12.4 Å². The zero-order valence-electron chi connectivity index (χ0n) is 14.4. The van der Waals surface area contributed by atoms with Crippen LogP contribution in [0.4, 0.5) is 0 Å². The molecule has 1 aliphatic heterocycles. The second kappa shape index (κ2) is 8.31. The Kier molecular flexibility index (Phi) is 5.88. The lowest BCUT2D eigenvalue weighted by Gasteiger charge is -2.26. The molecule has 1 fully saturated rings. The quantitative estimate of drug-likeness (QED) is 0.782. The van der Waals surface area contributed by atoms with Crippen molar-refractivity contribution in [2.45, 2.75) is 25.8 Å². The first-order valence-corrected chi connectivity index (χ1v) is 8.76. The Hall–Kier alpha value is -1.85. The second-order valence-corrected chi connectivity index (χ2v) is 6.28. The fourth-order valence-corrected chi connectivity index (χ4v) is 3.25. The van der Waals surface area contributed by atoms with E-state index in [1.54, 1.807) is 11.7 Å². The number of benzene rings is 1. The van der Waals surface area contributed by atoms with Gasteiger partial charge in [-0.2, -0.15) is 0 Å². The largest absolute Gasteiger partial charge is 0.492 e. The molecule has 0 bridgehead atoms. The number of methoxy groups -OCH3 is 1. The molecule has 0 amide bonds. The third kappa shape index (κ3) is 3.97. The highest BCUT2D eigenvalue weighted by atomic mass is 16.5. The van der Waals surface area contributed by atoms with Gasteiger partial charge >= 0.3 is 0 Å². The second-order valence-electron chi connectivity index (χ2n) is 6.28. The first-order chi connectivity index (χ1) is 11.8. The van der Waals surface area contributed by atoms with E-state index in [2.05, 4.69) is 4.90 Å². The summed E-state index contributed by atoms with van der Waals surface area (Å²) < 4.78 is 12.7. The molecule has 0 radical (unpaired) electrons. The number of piperidine rings is 1. The van der Waals surface area contributed by atoms with Crippen molar-refractivity contribution in [1.29, 1.82) is 0 Å². The van der Waals surface area contributed by atoms with Gasteiger partial charge in [-0.15, -0.1) is 0 Å². The Morgan fingerprint density at radius 3 is 2.62 bits per heavy atom. The highest BCUT2D eigenvalue weighted by Crippen LogP contribution is 2.23. The van der Waals surface area contributed by atoms with Crippen molar-refractivity contribution >= 4 is 10.8 Å². The van der Waals surface area contributed by atoms with Crippen molar-refractivity contribution in [3.8, 4) is 5.75 Å². The molecule has 1 aliphatic rings. The number of pyridine rings is 1. The fraction of sp³-hybridized carbons (Fsp3) is 0.526. The Morgan fingerprint density at radius 2 is 1.83 bits per heavy atom. The summed E-state index contributed by atoms with van der Waals surface area (Å²) in [5.74, 6) is 0.792. The van der Waals surface area contributed by atoms with Crippen molar-refractivity contribution < 1.29 is 9.47 Å². The third-order valence-corrected chi connectivity index (χ3v) is 4.63. The van der Waals surface area contributed by atoms with E-state index < -0.39 is 0 Å². The summed E-state index contributed by atoms with van der Waals surface area (Å²) in [5, 5.41) is 1.58. The van der Waals surface area contributed by atoms with Gasteiger partial charge in [0.25, 0.3) is 5.56 Å². The van der Waals surface area contributed by atoms with E-state index in [1.807, 2.05) is 30.5 Å². The SMILES string of the molecule is COCCn1ccc2c(OCCN3CCCCC3)cccc2c1=O. The van der Waals surface area contributed by atoms with Gasteiger partial charge in [-0.25, -0.2) is 0 Å². The van der Waals surface area contributed by atoms with Crippen LogP contribution in [0.3, 0.4) is 0 Å². The van der Waals surface area contributed by atoms with Gasteiger partial charge in [0.2, 0.25) is 0 Å². The zero-order chi connectivity index (χ0) is 16.8. The summed E-state index contributed by atoms with van der Waals surface area (Å²) in [4.78, 5) is 15.0. The summed E-state index contributed by atoms with van der Waals surface area (Å²) in [5.41, 5.74) is 0.00558. The van der Waals surface area contributed by atoms with Crippen LogP contribution in [0.5, 0.6) is 5.75 Å². The maximum Gasteiger partial charge on any atom is 0.258 e. The van der Waals surface area contributed by atoms with Crippen LogP contribution in [-0.2, 0) is 11.3 Å². The van der Waals surface area contributed by atoms with Crippen molar-refractivity contribution in [2.75, 3.05) is 40.0 Å². The average molecular weight is 330 g/mol. The Bertz CT molecular complexity index is 720. The molecule has 2 aromatic rings. The number of fused-ring (bicyclic) bond motifs is 1. The maximum absolute atomic E-state index is 12.6. The number of aromatic nitrogens is 1. The third-order valence-electron chi connectivity index (χ3n) is 4.63. The summed E-state index contributed by atoms with van der Waals surface area (Å²) in [7, 11) is 1.64. The van der Waals surface area contributed by atoms with Crippen LogP contribution in [0.15, 0.2) is 35.3 Å². The molecule has 0 aliphatic carbocycles. The van der Waals surface area contributed by atoms with Gasteiger partial charge in [0.05, 0.1) is 12.0 Å². The van der Waals surface area contributed by atoms with Crippen LogP contribution >= 0.6 is 0 Å². The molecule has 1 saturated heterocycles. The van der Waals surface area contributed by atoms with E-state index in [9.17, 15) is 4.79 Å². The zero-order valence-corrected chi connectivity index (χ0v) is 14.4. The smallest absolute Gasteiger partial charge is 0.258 e. The minimum absolute atomic E-state index is 0.00558. The molecule has 0 spiro atoms. The van der Waals surface area contributed by atoms with Crippen LogP contribution in [0.1, 0.15) is 19.3 Å². The molecule has 3 rings (SSSR count). The van der Waals surface area contributed by atoms with Crippen LogP contribution < -0.4 is 10.3 Å². The average Bonchev–Trinajstić information content (AvgIpc) is 2.62. The molecule has 1 aromatic carbocycles. The minimum Gasteiger partial charge on any atom is -0.492 e. The van der Waals surface area contributed by atoms with Crippen molar-refractivity contribution in [3.63, 3.8) is 0 Å². The lowest BCUT2D eigenvalue weighted by atomic mass is 10.1. The Morgan fingerprint density at radius 1 is 1.00 bits per heavy atom. The molecule has 0 atom stereocenters. The molecule has 24 heavy (non-hydrogen) atoms. The predicted octanol–water partition coefficient (Wildman–Crippen LogP) is 2.51. The standard InChI is InChI=1S/C19H26N2O3/c1-23-14-13-21-11-8-16-17(19(21)22)6-5-7-18(16)24-15-12-20-9-3-2-4-10-20/h5-8,11H,2-4,9-10,12-15H2,1H3. The number of nitrogens with zero attached hydrogens (tertiary/aromatic N) is 2. The first-order valence-electron chi connectivity index (χ1n) is 8.76. The van der Waals surface area contributed by atoms with Crippen LogP contribution in [0.25, 0.3) is 10.8 Å². The Labute approximate surface area is 142 Å². The summed E-state index contributed by atoms with van der Waals surface area (Å²) >= 11 is 0. The molecule has 0 N–H and O–H groups in total. The number of hydrogen-bond acceptors (Lipinski definition) is 4. The van der Waals surface area contributed by atoms with E-state index in [0.29, 0.717) is 25.1 Å². The molecule has 130 valence electrons. The lowest BCUT2D eigenvalue weighted by Crippen LogP contribution is -2.33. The van der Waals surface area contributed by atoms with Crippen molar-refractivity contribution in [2.24, 2.45) is 0 Å². The molecular formula is C19H26N2O3. The van der Waals surface area contributed by atoms with Crippen molar-refractivity contribution in [1.82, 2.24) is 9.47 Å². The van der Waals surface area contributed by atoms with E-state index in [-0.39, 0.29) is 5.56 Å². The molecule has 2 heterocycles. The summed E-state index contributed by atoms with van der Waals surface area (Å²) in [6.07, 6.45) is 5.74. The molecule has 0 saturated carbocycles. The molecule has 5 heteroatoms. The van der Waals surface area contributed by atoms with Gasteiger partial charge in [0, 0.05) is 31.8 Å². The number of ether oxygens (including phenoxy) is 2. The monoisotopic (exact) mass is 330 g/mol. The molecular weight excluding hydrogens is 304 g/mol. The highest BCUT2D eigenvalue weighted by molar-refractivity contribution is 5.87. The molecule has 5 nitrogen and oxygen atoms in total. The Balaban J connectivity index is 1.71. The van der Waals surface area contributed by atoms with E-state index >= 15 is 0 Å². The minimum atomic E-state index is 0.00558. The predicted molar refractivity (Wildman–Crippen MR) is 95.9 cm³/mol. The topological polar surface area (TPSA) is 43.7 Å². The number of likely N-dealkylation sites (tertiary alicyclic amines) is 1. The van der Waals surface area contributed by atoms with E-state index in [0.717, 1.165) is 17.7 Å². The van der Waals surface area contributed by atoms with Gasteiger partial charge < -0.3 is 14.0 Å². The van der Waals surface area contributed by atoms with Crippen molar-refractivity contribution in [3.05, 3.63) is 40.8 Å². The maximum atomic E-state index is 12.6. The normalized spacial score (nSPS) is 15.7. The molecule has 0 unspecified atom stereocenters. The van der Waals surface area contributed by atoms with Gasteiger partial charge in [-0.3, -0.25) is 9.69 Å². The van der Waals surface area contributed by atoms with Gasteiger partial charge in [-0.1, -0.05) is 12.5 Å². The van der Waals surface area contributed by atoms with E-state index in [1.165, 1.54) is 32.4 Å². The molecule has 1 aromatic heterocycles. The van der Waals surface area contributed by atoms with Gasteiger partial charge in [0.15, 0.2) is 0 Å². The first kappa shape index (κ1) is 17.0. The van der Waals surface area contributed by atoms with Crippen LogP contribution in [-0.4, -0.2) is 49.4 Å².